The van der Waals surface area contributed by atoms with E-state index in [0.29, 0.717) is 22.9 Å². The van der Waals surface area contributed by atoms with Gasteiger partial charge < -0.3 is 5.32 Å². The summed E-state index contributed by atoms with van der Waals surface area (Å²) in [6, 6.07) is 5.65. The number of carbonyl (C=O) groups is 1. The summed E-state index contributed by atoms with van der Waals surface area (Å²) in [5.74, 6) is -0.622. The molecule has 0 spiro atoms. The smallest absolute Gasteiger partial charge is 0.242 e. The summed E-state index contributed by atoms with van der Waals surface area (Å²) < 4.78 is 14.6. The maximum atomic E-state index is 14.0. The van der Waals surface area contributed by atoms with Crippen LogP contribution in [0.3, 0.4) is 0 Å². The third-order valence-corrected chi connectivity index (χ3v) is 4.90. The first-order chi connectivity index (χ1) is 10.9. The molecular formula is C16H19ClFN3OS. The van der Waals surface area contributed by atoms with Gasteiger partial charge in [0.2, 0.25) is 5.91 Å². The third kappa shape index (κ3) is 4.50. The second kappa shape index (κ2) is 7.86. The van der Waals surface area contributed by atoms with Crippen LogP contribution in [-0.4, -0.2) is 36.4 Å². The van der Waals surface area contributed by atoms with Crippen LogP contribution in [0.25, 0.3) is 0 Å². The van der Waals surface area contributed by atoms with E-state index in [2.05, 4.69) is 10.3 Å². The number of thiazole rings is 1. The summed E-state index contributed by atoms with van der Waals surface area (Å²) in [6.45, 7) is 2.28. The van der Waals surface area contributed by atoms with E-state index in [0.717, 1.165) is 10.7 Å². The summed E-state index contributed by atoms with van der Waals surface area (Å²) in [7, 11) is 3.50. The number of halogens is 2. The molecule has 0 aliphatic rings. The highest BCUT2D eigenvalue weighted by molar-refractivity contribution is 7.16. The van der Waals surface area contributed by atoms with E-state index >= 15 is 0 Å². The van der Waals surface area contributed by atoms with Gasteiger partial charge in [-0.2, -0.15) is 0 Å². The molecule has 2 rings (SSSR count). The molecule has 0 saturated heterocycles. The number of rotatable bonds is 6. The Bertz CT molecular complexity index is 670. The van der Waals surface area contributed by atoms with Gasteiger partial charge in [-0.15, -0.1) is 11.3 Å². The predicted molar refractivity (Wildman–Crippen MR) is 91.4 cm³/mol. The summed E-state index contributed by atoms with van der Waals surface area (Å²) in [5.41, 5.74) is 1.17. The second-order valence-corrected chi connectivity index (χ2v) is 7.08. The zero-order valence-corrected chi connectivity index (χ0v) is 14.8. The SMILES string of the molecule is Cc1nc(CCNC(=O)[C@@H](c2ccccc2F)N(C)C)sc1Cl. The fourth-order valence-electron chi connectivity index (χ4n) is 2.28. The van der Waals surface area contributed by atoms with Gasteiger partial charge in [0, 0.05) is 18.5 Å². The standard InChI is InChI=1S/C16H19ClFN3OS/c1-10-15(17)23-13(20-10)8-9-19-16(22)14(21(2)3)11-6-4-5-7-12(11)18/h4-7,14H,8-9H2,1-3H3,(H,19,22)/t14-/m1/s1. The van der Waals surface area contributed by atoms with E-state index in [-0.39, 0.29) is 11.7 Å². The van der Waals surface area contributed by atoms with Gasteiger partial charge in [-0.25, -0.2) is 9.37 Å². The molecule has 1 atom stereocenters. The average Bonchev–Trinajstić information content (AvgIpc) is 2.79. The number of aromatic nitrogens is 1. The van der Waals surface area contributed by atoms with E-state index < -0.39 is 6.04 Å². The van der Waals surface area contributed by atoms with E-state index in [1.54, 1.807) is 37.2 Å². The molecule has 1 N–H and O–H groups in total. The Labute approximate surface area is 144 Å². The van der Waals surface area contributed by atoms with Crippen LogP contribution in [0.5, 0.6) is 0 Å². The van der Waals surface area contributed by atoms with Crippen LogP contribution in [0, 0.1) is 12.7 Å². The van der Waals surface area contributed by atoms with Crippen LogP contribution < -0.4 is 5.32 Å². The lowest BCUT2D eigenvalue weighted by Gasteiger charge is -2.24. The van der Waals surface area contributed by atoms with Gasteiger partial charge >= 0.3 is 0 Å². The van der Waals surface area contributed by atoms with E-state index in [9.17, 15) is 9.18 Å². The Kier molecular flexibility index (Phi) is 6.10. The Hall–Kier alpha value is -1.50. The van der Waals surface area contributed by atoms with Crippen LogP contribution in [0.2, 0.25) is 4.34 Å². The molecule has 1 heterocycles. The third-order valence-electron chi connectivity index (χ3n) is 3.39. The predicted octanol–water partition coefficient (Wildman–Crippen LogP) is 3.21. The fourth-order valence-corrected chi connectivity index (χ4v) is 3.37. The van der Waals surface area contributed by atoms with Crippen molar-refractivity contribution in [3.63, 3.8) is 0 Å². The normalized spacial score (nSPS) is 12.4. The van der Waals surface area contributed by atoms with Crippen molar-refractivity contribution in [1.82, 2.24) is 15.2 Å². The highest BCUT2D eigenvalue weighted by atomic mass is 35.5. The maximum absolute atomic E-state index is 14.0. The molecule has 1 aromatic carbocycles. The molecular weight excluding hydrogens is 337 g/mol. The number of hydrogen-bond donors (Lipinski definition) is 1. The lowest BCUT2D eigenvalue weighted by Crippen LogP contribution is -2.38. The molecule has 0 bridgehead atoms. The summed E-state index contributed by atoms with van der Waals surface area (Å²) in [6.07, 6.45) is 0.599. The summed E-state index contributed by atoms with van der Waals surface area (Å²) in [4.78, 5) is 18.5. The molecule has 1 amide bonds. The lowest BCUT2D eigenvalue weighted by atomic mass is 10.0. The van der Waals surface area contributed by atoms with E-state index in [4.69, 9.17) is 11.6 Å². The van der Waals surface area contributed by atoms with Gasteiger partial charge in [0.1, 0.15) is 16.2 Å². The summed E-state index contributed by atoms with van der Waals surface area (Å²) in [5, 5.41) is 3.72. The second-order valence-electron chi connectivity index (χ2n) is 5.40. The quantitative estimate of drug-likeness (QED) is 0.865. The molecule has 0 aliphatic heterocycles. The first kappa shape index (κ1) is 17.8. The number of nitrogens with zero attached hydrogens (tertiary/aromatic N) is 2. The number of carbonyl (C=O) groups excluding carboxylic acids is 1. The van der Waals surface area contributed by atoms with Crippen LogP contribution in [-0.2, 0) is 11.2 Å². The molecule has 4 nitrogen and oxygen atoms in total. The van der Waals surface area contributed by atoms with Crippen molar-refractivity contribution in [1.29, 1.82) is 0 Å². The Morgan fingerprint density at radius 2 is 2.13 bits per heavy atom. The zero-order valence-electron chi connectivity index (χ0n) is 13.3. The van der Waals surface area contributed by atoms with Gasteiger partial charge in [-0.1, -0.05) is 29.8 Å². The Balaban J connectivity index is 2.00. The van der Waals surface area contributed by atoms with E-state index in [1.165, 1.54) is 17.4 Å². The van der Waals surface area contributed by atoms with Crippen LogP contribution >= 0.6 is 22.9 Å². The van der Waals surface area contributed by atoms with Crippen molar-refractivity contribution in [2.45, 2.75) is 19.4 Å². The zero-order chi connectivity index (χ0) is 17.0. The molecule has 0 unspecified atom stereocenters. The highest BCUT2D eigenvalue weighted by Crippen LogP contribution is 2.24. The topological polar surface area (TPSA) is 45.2 Å². The van der Waals surface area contributed by atoms with Crippen molar-refractivity contribution in [2.24, 2.45) is 0 Å². The lowest BCUT2D eigenvalue weighted by molar-refractivity contribution is -0.125. The number of hydrogen-bond acceptors (Lipinski definition) is 4. The number of benzene rings is 1. The molecule has 1 aromatic heterocycles. The van der Waals surface area contributed by atoms with Gasteiger partial charge in [0.15, 0.2) is 0 Å². The Morgan fingerprint density at radius 1 is 1.43 bits per heavy atom. The number of likely N-dealkylation sites (N-methyl/N-ethyl adjacent to an activating group) is 1. The number of amides is 1. The molecule has 0 aliphatic carbocycles. The number of nitrogens with one attached hydrogen (secondary N) is 1. The summed E-state index contributed by atoms with van der Waals surface area (Å²) >= 11 is 7.39. The van der Waals surface area contributed by atoms with Gasteiger partial charge in [0.25, 0.3) is 0 Å². The van der Waals surface area contributed by atoms with Crippen molar-refractivity contribution < 1.29 is 9.18 Å². The minimum atomic E-state index is -0.669. The monoisotopic (exact) mass is 355 g/mol. The van der Waals surface area contributed by atoms with Crippen LogP contribution in [0.1, 0.15) is 22.3 Å². The van der Waals surface area contributed by atoms with Gasteiger partial charge in [-0.3, -0.25) is 9.69 Å². The molecule has 2 aromatic rings. The minimum Gasteiger partial charge on any atom is -0.354 e. The van der Waals surface area contributed by atoms with E-state index in [1.807, 2.05) is 6.92 Å². The largest absolute Gasteiger partial charge is 0.354 e. The average molecular weight is 356 g/mol. The first-order valence-corrected chi connectivity index (χ1v) is 8.40. The van der Waals surface area contributed by atoms with Crippen molar-refractivity contribution in [3.8, 4) is 0 Å². The van der Waals surface area contributed by atoms with Gasteiger partial charge in [0.05, 0.1) is 10.7 Å². The van der Waals surface area contributed by atoms with Crippen molar-refractivity contribution in [2.75, 3.05) is 20.6 Å². The van der Waals surface area contributed by atoms with Crippen LogP contribution in [0.15, 0.2) is 24.3 Å². The van der Waals surface area contributed by atoms with Crippen molar-refractivity contribution >= 4 is 28.8 Å². The Morgan fingerprint density at radius 3 is 2.70 bits per heavy atom. The minimum absolute atomic E-state index is 0.237. The molecule has 0 saturated carbocycles. The molecule has 124 valence electrons. The molecule has 0 fully saturated rings. The van der Waals surface area contributed by atoms with Crippen molar-refractivity contribution in [3.05, 3.63) is 50.7 Å². The number of aryl methyl sites for hydroxylation is 1. The molecule has 23 heavy (non-hydrogen) atoms. The fraction of sp³-hybridized carbons (Fsp3) is 0.375. The maximum Gasteiger partial charge on any atom is 0.242 e. The molecule has 0 radical (unpaired) electrons. The van der Waals surface area contributed by atoms with Gasteiger partial charge in [-0.05, 0) is 27.1 Å². The molecule has 7 heteroatoms. The highest BCUT2D eigenvalue weighted by Gasteiger charge is 2.25. The first-order valence-electron chi connectivity index (χ1n) is 7.20. The van der Waals surface area contributed by atoms with Crippen LogP contribution in [0.4, 0.5) is 4.39 Å².